The molecule has 2 heterocycles. The molecule has 0 bridgehead atoms. The van der Waals surface area contributed by atoms with E-state index in [1.165, 1.54) is 24.7 Å². The molecule has 0 saturated heterocycles. The Morgan fingerprint density at radius 2 is 1.50 bits per heavy atom. The molecule has 2 aromatic carbocycles. The quantitative estimate of drug-likeness (QED) is 0.0788. The number of carboxylic acids is 1. The number of rotatable bonds is 16. The number of hydrogen-bond acceptors (Lipinski definition) is 8. The van der Waals surface area contributed by atoms with Gasteiger partial charge in [-0.05, 0) is 35.7 Å². The van der Waals surface area contributed by atoms with Crippen LogP contribution in [-0.2, 0) is 43.2 Å². The number of nitrogens with zero attached hydrogens (tertiary/aromatic N) is 1. The molecule has 0 radical (unpaired) electrons. The normalized spacial score (nSPS) is 13.7. The average Bonchev–Trinajstić information content (AvgIpc) is 3.69. The first kappa shape index (κ1) is 33.2. The van der Waals surface area contributed by atoms with Gasteiger partial charge in [0.1, 0.15) is 23.9 Å². The van der Waals surface area contributed by atoms with Gasteiger partial charge in [0.25, 0.3) is 0 Å². The third-order valence-corrected chi connectivity index (χ3v) is 7.37. The molecule has 4 unspecified atom stereocenters. The molecule has 0 aliphatic carbocycles. The number of aliphatic carboxylic acids is 1. The van der Waals surface area contributed by atoms with Crippen LogP contribution in [-0.4, -0.2) is 78.9 Å². The molecule has 15 nitrogen and oxygen atoms in total. The van der Waals surface area contributed by atoms with Crippen molar-refractivity contribution in [1.29, 1.82) is 0 Å². The highest BCUT2D eigenvalue weighted by molar-refractivity contribution is 5.95. The molecule has 242 valence electrons. The van der Waals surface area contributed by atoms with E-state index in [1.54, 1.807) is 24.4 Å². The lowest BCUT2D eigenvalue weighted by molar-refractivity contribution is -0.142. The van der Waals surface area contributed by atoms with Gasteiger partial charge in [0.05, 0.1) is 12.4 Å². The molecule has 11 N–H and O–H groups in total. The number of aromatic amines is 2. The van der Waals surface area contributed by atoms with Crippen molar-refractivity contribution < 1.29 is 34.2 Å². The number of aromatic nitrogens is 3. The van der Waals surface area contributed by atoms with Gasteiger partial charge in [-0.3, -0.25) is 19.2 Å². The van der Waals surface area contributed by atoms with Gasteiger partial charge in [-0.1, -0.05) is 30.3 Å². The number of carbonyl (C=O) groups is 5. The molecule has 46 heavy (non-hydrogen) atoms. The highest BCUT2D eigenvalue weighted by atomic mass is 16.4. The molecule has 15 heteroatoms. The summed E-state index contributed by atoms with van der Waals surface area (Å²) in [5.41, 5.74) is 14.0. The van der Waals surface area contributed by atoms with E-state index < -0.39 is 53.8 Å². The zero-order valence-electron chi connectivity index (χ0n) is 24.7. The van der Waals surface area contributed by atoms with E-state index in [9.17, 15) is 34.2 Å². The fourth-order valence-corrected chi connectivity index (χ4v) is 4.90. The van der Waals surface area contributed by atoms with Crippen molar-refractivity contribution in [2.45, 2.75) is 56.3 Å². The lowest BCUT2D eigenvalue weighted by Crippen LogP contribution is -2.58. The van der Waals surface area contributed by atoms with E-state index in [2.05, 4.69) is 30.9 Å². The van der Waals surface area contributed by atoms with Crippen molar-refractivity contribution in [3.05, 3.63) is 84.1 Å². The van der Waals surface area contributed by atoms with Crippen LogP contribution < -0.4 is 27.4 Å². The molecule has 0 aliphatic heterocycles. The molecule has 4 rings (SSSR count). The summed E-state index contributed by atoms with van der Waals surface area (Å²) in [5, 5.41) is 28.0. The van der Waals surface area contributed by atoms with Gasteiger partial charge in [0, 0.05) is 54.7 Å². The van der Waals surface area contributed by atoms with Crippen molar-refractivity contribution in [1.82, 2.24) is 30.9 Å². The number of amides is 4. The number of phenolic OH excluding ortho intramolecular Hbond substituents is 1. The number of phenols is 1. The number of imidazole rings is 1. The standard InChI is InChI=1S/C31H36N8O7/c32-22(13-19-15-34-16-36-19)28(42)38-25(11-17-5-7-20(40)8-6-17)30(44)37-24(9-10-27(33)41)29(43)39-26(31(45)46)12-18-14-35-23-4-2-1-3-21(18)23/h1-8,14-16,22,24-26,35,40H,9-13,32H2,(H2,33,41)(H,34,36)(H,37,44)(H,38,42)(H,39,43)(H,45,46). The number of H-pyrrole nitrogens is 2. The first-order valence-electron chi connectivity index (χ1n) is 14.5. The fraction of sp³-hybridized carbons (Fsp3) is 0.290. The number of benzene rings is 2. The zero-order chi connectivity index (χ0) is 33.2. The van der Waals surface area contributed by atoms with Crippen LogP contribution in [0.1, 0.15) is 29.7 Å². The van der Waals surface area contributed by atoms with Crippen molar-refractivity contribution in [3.8, 4) is 5.75 Å². The minimum atomic E-state index is -1.37. The molecule has 4 atom stereocenters. The van der Waals surface area contributed by atoms with Crippen LogP contribution in [0.4, 0.5) is 0 Å². The first-order chi connectivity index (χ1) is 22.0. The summed E-state index contributed by atoms with van der Waals surface area (Å²) < 4.78 is 0. The van der Waals surface area contributed by atoms with Crippen LogP contribution in [0.2, 0.25) is 0 Å². The maximum atomic E-state index is 13.6. The van der Waals surface area contributed by atoms with Gasteiger partial charge < -0.3 is 47.6 Å². The third-order valence-electron chi connectivity index (χ3n) is 7.37. The summed E-state index contributed by atoms with van der Waals surface area (Å²) in [6.07, 6.45) is 4.09. The summed E-state index contributed by atoms with van der Waals surface area (Å²) in [6, 6.07) is 8.21. The Balaban J connectivity index is 1.51. The molecule has 2 aromatic heterocycles. The van der Waals surface area contributed by atoms with Gasteiger partial charge >= 0.3 is 5.97 Å². The Bertz CT molecular complexity index is 1670. The van der Waals surface area contributed by atoms with Gasteiger partial charge in [-0.25, -0.2) is 9.78 Å². The van der Waals surface area contributed by atoms with Crippen molar-refractivity contribution in [3.63, 3.8) is 0 Å². The predicted octanol–water partition coefficient (Wildman–Crippen LogP) is -0.244. The Labute approximate surface area is 263 Å². The van der Waals surface area contributed by atoms with Gasteiger partial charge in [-0.15, -0.1) is 0 Å². The number of carbonyl (C=O) groups excluding carboxylic acids is 4. The van der Waals surface area contributed by atoms with Crippen molar-refractivity contribution >= 4 is 40.5 Å². The third kappa shape index (κ3) is 9.15. The predicted molar refractivity (Wildman–Crippen MR) is 166 cm³/mol. The monoisotopic (exact) mass is 632 g/mol. The molecule has 0 saturated carbocycles. The fourth-order valence-electron chi connectivity index (χ4n) is 4.90. The molecular weight excluding hydrogens is 596 g/mol. The Kier molecular flexibility index (Phi) is 11.1. The van der Waals surface area contributed by atoms with E-state index in [0.717, 1.165) is 10.9 Å². The van der Waals surface area contributed by atoms with E-state index in [-0.39, 0.29) is 37.9 Å². The van der Waals surface area contributed by atoms with Gasteiger partial charge in [-0.2, -0.15) is 0 Å². The number of nitrogens with two attached hydrogens (primary N) is 2. The number of hydrogen-bond donors (Lipinski definition) is 9. The first-order valence-corrected chi connectivity index (χ1v) is 14.5. The van der Waals surface area contributed by atoms with Crippen molar-refractivity contribution in [2.24, 2.45) is 11.5 Å². The minimum Gasteiger partial charge on any atom is -0.508 e. The van der Waals surface area contributed by atoms with E-state index in [0.29, 0.717) is 16.8 Å². The van der Waals surface area contributed by atoms with Crippen LogP contribution in [0, 0.1) is 0 Å². The van der Waals surface area contributed by atoms with E-state index >= 15 is 0 Å². The van der Waals surface area contributed by atoms with Crippen molar-refractivity contribution in [2.75, 3.05) is 0 Å². The maximum absolute atomic E-state index is 13.6. The summed E-state index contributed by atoms with van der Waals surface area (Å²) in [4.78, 5) is 73.7. The van der Waals surface area contributed by atoms with Crippen LogP contribution in [0.15, 0.2) is 67.3 Å². The second kappa shape index (κ2) is 15.3. The number of primary amides is 1. The van der Waals surface area contributed by atoms with E-state index in [1.807, 2.05) is 18.2 Å². The Morgan fingerprint density at radius 1 is 0.826 bits per heavy atom. The van der Waals surface area contributed by atoms with Gasteiger partial charge in [0.15, 0.2) is 0 Å². The summed E-state index contributed by atoms with van der Waals surface area (Å²) >= 11 is 0. The molecule has 4 amide bonds. The number of fused-ring (bicyclic) bond motifs is 1. The molecule has 0 fully saturated rings. The summed E-state index contributed by atoms with van der Waals surface area (Å²) in [7, 11) is 0. The van der Waals surface area contributed by atoms with Crippen LogP contribution in [0.5, 0.6) is 5.75 Å². The highest BCUT2D eigenvalue weighted by Gasteiger charge is 2.31. The summed E-state index contributed by atoms with van der Waals surface area (Å²) in [6.45, 7) is 0. The van der Waals surface area contributed by atoms with Crippen LogP contribution >= 0.6 is 0 Å². The lowest BCUT2D eigenvalue weighted by atomic mass is 10.0. The lowest BCUT2D eigenvalue weighted by Gasteiger charge is -2.25. The number of carboxylic acid groups (broad SMARTS) is 1. The topological polar surface area (TPSA) is 258 Å². The second-order valence-corrected chi connectivity index (χ2v) is 10.8. The zero-order valence-corrected chi connectivity index (χ0v) is 24.7. The largest absolute Gasteiger partial charge is 0.508 e. The maximum Gasteiger partial charge on any atom is 0.326 e. The molecule has 0 aliphatic rings. The Morgan fingerprint density at radius 3 is 2.17 bits per heavy atom. The van der Waals surface area contributed by atoms with Crippen LogP contribution in [0.3, 0.4) is 0 Å². The minimum absolute atomic E-state index is 0.000764. The second-order valence-electron chi connectivity index (χ2n) is 10.8. The highest BCUT2D eigenvalue weighted by Crippen LogP contribution is 2.19. The Hall–Kier alpha value is -5.70. The molecule has 4 aromatic rings. The molecule has 0 spiro atoms. The number of aromatic hydroxyl groups is 1. The average molecular weight is 633 g/mol. The number of nitrogens with one attached hydrogen (secondary N) is 5. The van der Waals surface area contributed by atoms with Gasteiger partial charge in [0.2, 0.25) is 23.6 Å². The van der Waals surface area contributed by atoms with E-state index in [4.69, 9.17) is 11.5 Å². The smallest absolute Gasteiger partial charge is 0.326 e. The summed E-state index contributed by atoms with van der Waals surface area (Å²) in [5.74, 6) is -4.34. The number of para-hydroxylation sites is 1. The SMILES string of the molecule is NC(=O)CCC(NC(=O)C(Cc1ccc(O)cc1)NC(=O)C(N)Cc1cnc[nH]1)C(=O)NC(Cc1c[nH]c2ccccc12)C(=O)O. The van der Waals surface area contributed by atoms with Crippen LogP contribution in [0.25, 0.3) is 10.9 Å². The molecular formula is C31H36N8O7.